The molecule has 0 spiro atoms. The molecule has 2 amide bonds. The Hall–Kier alpha value is -5.11. The summed E-state index contributed by atoms with van der Waals surface area (Å²) >= 11 is 0. The van der Waals surface area contributed by atoms with Gasteiger partial charge in [0, 0.05) is 17.5 Å². The molecule has 8 heteroatoms. The molecule has 0 unspecified atom stereocenters. The summed E-state index contributed by atoms with van der Waals surface area (Å²) in [6, 6.07) is 31.2. The van der Waals surface area contributed by atoms with Gasteiger partial charge in [0.25, 0.3) is 5.91 Å². The predicted molar refractivity (Wildman–Crippen MR) is 170 cm³/mol. The normalized spacial score (nSPS) is 11.7. The van der Waals surface area contributed by atoms with Gasteiger partial charge in [0.2, 0.25) is 5.91 Å². The minimum absolute atomic E-state index is 0.0291. The highest BCUT2D eigenvalue weighted by Gasteiger charge is 2.28. The quantitative estimate of drug-likeness (QED) is 0.164. The van der Waals surface area contributed by atoms with E-state index in [1.807, 2.05) is 105 Å². The van der Waals surface area contributed by atoms with E-state index in [4.69, 9.17) is 9.47 Å². The van der Waals surface area contributed by atoms with E-state index in [1.165, 1.54) is 0 Å². The van der Waals surface area contributed by atoms with Crippen molar-refractivity contribution in [3.05, 3.63) is 120 Å². The largest absolute Gasteiger partial charge is 0.497 e. The fourth-order valence-electron chi connectivity index (χ4n) is 4.84. The number of nitrogens with one attached hydrogen (secondary N) is 2. The van der Waals surface area contributed by atoms with E-state index in [2.05, 4.69) is 10.6 Å². The monoisotopic (exact) mass is 594 g/mol. The average Bonchev–Trinajstić information content (AvgIpc) is 3.02. The zero-order valence-electron chi connectivity index (χ0n) is 25.2. The number of carbonyl (C=O) groups is 3. The molecule has 8 nitrogen and oxygen atoms in total. The van der Waals surface area contributed by atoms with Crippen molar-refractivity contribution >= 4 is 17.8 Å². The van der Waals surface area contributed by atoms with Crippen LogP contribution in [0.15, 0.2) is 103 Å². The lowest BCUT2D eigenvalue weighted by molar-refractivity contribution is -0.137. The van der Waals surface area contributed by atoms with Crippen molar-refractivity contribution in [3.63, 3.8) is 0 Å². The van der Waals surface area contributed by atoms with Crippen LogP contribution < -0.4 is 20.1 Å². The predicted octanol–water partition coefficient (Wildman–Crippen LogP) is 6.04. The Morgan fingerprint density at radius 1 is 0.795 bits per heavy atom. The van der Waals surface area contributed by atoms with E-state index in [-0.39, 0.29) is 12.8 Å². The van der Waals surface area contributed by atoms with Crippen LogP contribution in [0.4, 0.5) is 0 Å². The number of methoxy groups -OCH3 is 1. The summed E-state index contributed by atoms with van der Waals surface area (Å²) in [5.41, 5.74) is 3.67. The molecule has 0 bridgehead atoms. The van der Waals surface area contributed by atoms with Crippen LogP contribution in [0.25, 0.3) is 11.1 Å². The molecule has 3 N–H and O–H groups in total. The highest BCUT2D eigenvalue weighted by atomic mass is 16.5. The second kappa shape index (κ2) is 14.9. The fourth-order valence-corrected chi connectivity index (χ4v) is 4.84. The van der Waals surface area contributed by atoms with Crippen LogP contribution >= 0.6 is 0 Å². The SMILES string of the molecule is COc1cccc(COc2ccc(-c3ccc(C(=O)N[C@@H](CCC(=O)O)C(=O)NC(C)(C)Cc4ccccc4)cc3)cc2)c1. The van der Waals surface area contributed by atoms with Gasteiger partial charge in [-0.05, 0) is 85.3 Å². The Bertz CT molecular complexity index is 1550. The average molecular weight is 595 g/mol. The number of rotatable bonds is 14. The first-order valence-electron chi connectivity index (χ1n) is 14.5. The molecule has 0 heterocycles. The van der Waals surface area contributed by atoms with Crippen molar-refractivity contribution in [2.75, 3.05) is 7.11 Å². The van der Waals surface area contributed by atoms with Gasteiger partial charge >= 0.3 is 5.97 Å². The molecule has 4 rings (SSSR count). The first-order valence-corrected chi connectivity index (χ1v) is 14.5. The van der Waals surface area contributed by atoms with Crippen molar-refractivity contribution in [2.45, 2.75) is 51.3 Å². The van der Waals surface area contributed by atoms with Crippen molar-refractivity contribution < 1.29 is 29.0 Å². The van der Waals surface area contributed by atoms with Gasteiger partial charge in [-0.2, -0.15) is 0 Å². The van der Waals surface area contributed by atoms with E-state index < -0.39 is 29.4 Å². The molecule has 0 aliphatic rings. The van der Waals surface area contributed by atoms with Gasteiger partial charge in [-0.25, -0.2) is 0 Å². The number of carboxylic acids is 1. The summed E-state index contributed by atoms with van der Waals surface area (Å²) in [6.07, 6.45) is 0.296. The van der Waals surface area contributed by atoms with Gasteiger partial charge in [-0.1, -0.05) is 66.7 Å². The lowest BCUT2D eigenvalue weighted by Crippen LogP contribution is -2.54. The first-order chi connectivity index (χ1) is 21.1. The molecule has 4 aromatic rings. The fraction of sp³-hybridized carbons (Fsp3) is 0.250. The van der Waals surface area contributed by atoms with Crippen molar-refractivity contribution in [2.24, 2.45) is 0 Å². The van der Waals surface area contributed by atoms with Crippen LogP contribution in [0.5, 0.6) is 11.5 Å². The Kier molecular flexibility index (Phi) is 10.8. The van der Waals surface area contributed by atoms with E-state index in [0.29, 0.717) is 18.6 Å². The van der Waals surface area contributed by atoms with Crippen molar-refractivity contribution in [1.29, 1.82) is 0 Å². The van der Waals surface area contributed by atoms with E-state index in [9.17, 15) is 19.5 Å². The minimum Gasteiger partial charge on any atom is -0.497 e. The smallest absolute Gasteiger partial charge is 0.303 e. The number of aliphatic carboxylic acids is 1. The summed E-state index contributed by atoms with van der Waals surface area (Å²) in [4.78, 5) is 37.6. The number of benzene rings is 4. The maximum Gasteiger partial charge on any atom is 0.303 e. The summed E-state index contributed by atoms with van der Waals surface area (Å²) in [5, 5.41) is 14.9. The van der Waals surface area contributed by atoms with Crippen LogP contribution in [0.2, 0.25) is 0 Å². The molecule has 228 valence electrons. The summed E-state index contributed by atoms with van der Waals surface area (Å²) in [7, 11) is 1.63. The zero-order chi connectivity index (χ0) is 31.5. The Morgan fingerprint density at radius 3 is 2.07 bits per heavy atom. The molecule has 0 fully saturated rings. The third-order valence-corrected chi connectivity index (χ3v) is 7.09. The molecule has 0 aliphatic carbocycles. The van der Waals surface area contributed by atoms with Crippen molar-refractivity contribution in [3.8, 4) is 22.6 Å². The van der Waals surface area contributed by atoms with E-state index in [1.54, 1.807) is 19.2 Å². The molecule has 0 saturated heterocycles. The first kappa shape index (κ1) is 31.8. The second-order valence-corrected chi connectivity index (χ2v) is 11.2. The number of amides is 2. The van der Waals surface area contributed by atoms with Gasteiger partial charge in [0.15, 0.2) is 0 Å². The van der Waals surface area contributed by atoms with Crippen LogP contribution in [0, 0.1) is 0 Å². The van der Waals surface area contributed by atoms with Crippen LogP contribution in [0.3, 0.4) is 0 Å². The third-order valence-electron chi connectivity index (χ3n) is 7.09. The standard InChI is InChI=1S/C36H38N2O6/c1-36(2,23-25-8-5-4-6-9-25)38-35(42)32(20-21-33(39)40)37-34(41)29-14-12-27(13-15-29)28-16-18-30(19-17-28)44-24-26-10-7-11-31(22-26)43-3/h4-19,22,32H,20-21,23-24H2,1-3H3,(H,37,41)(H,38,42)(H,39,40)/t32-/m0/s1. The molecule has 0 aliphatic heterocycles. The number of ether oxygens (including phenoxy) is 2. The number of hydrogen-bond donors (Lipinski definition) is 3. The van der Waals surface area contributed by atoms with Crippen LogP contribution in [-0.2, 0) is 22.6 Å². The number of carbonyl (C=O) groups excluding carboxylic acids is 2. The molecular weight excluding hydrogens is 556 g/mol. The molecule has 4 aromatic carbocycles. The molecule has 0 aromatic heterocycles. The van der Waals surface area contributed by atoms with Crippen LogP contribution in [0.1, 0.15) is 48.2 Å². The van der Waals surface area contributed by atoms with Gasteiger partial charge < -0.3 is 25.2 Å². The molecule has 44 heavy (non-hydrogen) atoms. The van der Waals surface area contributed by atoms with Crippen LogP contribution in [-0.4, -0.2) is 41.6 Å². The van der Waals surface area contributed by atoms with Gasteiger partial charge in [-0.3, -0.25) is 14.4 Å². The third kappa shape index (κ3) is 9.46. The lowest BCUT2D eigenvalue weighted by Gasteiger charge is -2.29. The Labute approximate surface area is 258 Å². The number of carboxylic acid groups (broad SMARTS) is 1. The second-order valence-electron chi connectivity index (χ2n) is 11.2. The van der Waals surface area contributed by atoms with Gasteiger partial charge in [0.05, 0.1) is 7.11 Å². The van der Waals surface area contributed by atoms with E-state index >= 15 is 0 Å². The van der Waals surface area contributed by atoms with Gasteiger partial charge in [0.1, 0.15) is 24.1 Å². The zero-order valence-corrected chi connectivity index (χ0v) is 25.2. The topological polar surface area (TPSA) is 114 Å². The number of hydrogen-bond acceptors (Lipinski definition) is 5. The lowest BCUT2D eigenvalue weighted by atomic mass is 9.94. The Balaban J connectivity index is 1.37. The highest BCUT2D eigenvalue weighted by molar-refractivity contribution is 5.98. The minimum atomic E-state index is -1.04. The Morgan fingerprint density at radius 2 is 1.43 bits per heavy atom. The molecular formula is C36H38N2O6. The maximum atomic E-state index is 13.2. The summed E-state index contributed by atoms with van der Waals surface area (Å²) in [5.74, 6) is -0.414. The molecule has 1 atom stereocenters. The summed E-state index contributed by atoms with van der Waals surface area (Å²) in [6.45, 7) is 4.20. The van der Waals surface area contributed by atoms with Gasteiger partial charge in [-0.15, -0.1) is 0 Å². The van der Waals surface area contributed by atoms with Crippen molar-refractivity contribution in [1.82, 2.24) is 10.6 Å². The van der Waals surface area contributed by atoms with E-state index in [0.717, 1.165) is 33.8 Å². The maximum absolute atomic E-state index is 13.2. The highest BCUT2D eigenvalue weighted by Crippen LogP contribution is 2.24. The summed E-state index contributed by atoms with van der Waals surface area (Å²) < 4.78 is 11.2. The molecule has 0 saturated carbocycles. The molecule has 0 radical (unpaired) electrons.